The maximum absolute atomic E-state index is 11.4. The molecule has 0 bridgehead atoms. The fourth-order valence-corrected chi connectivity index (χ4v) is 2.37. The first kappa shape index (κ1) is 11.9. The van der Waals surface area contributed by atoms with Gasteiger partial charge in [0.1, 0.15) is 5.69 Å². The Bertz CT molecular complexity index is 436. The van der Waals surface area contributed by atoms with Crippen molar-refractivity contribution >= 4 is 11.5 Å². The molecule has 0 saturated heterocycles. The number of hydrogen-bond donors (Lipinski definition) is 4. The second-order valence-electron chi connectivity index (χ2n) is 4.66. The Labute approximate surface area is 99.8 Å². The summed E-state index contributed by atoms with van der Waals surface area (Å²) >= 11 is 0. The number of aromatic amines is 1. The van der Waals surface area contributed by atoms with E-state index in [2.05, 4.69) is 15.3 Å². The molecule has 0 unspecified atom stereocenters. The zero-order valence-corrected chi connectivity index (χ0v) is 9.83. The minimum Gasteiger partial charge on any atom is -0.391 e. The fraction of sp³-hybridized carbons (Fsp3) is 0.636. The maximum Gasteiger partial charge on any atom is 0.276 e. The van der Waals surface area contributed by atoms with Gasteiger partial charge in [0, 0.05) is 6.54 Å². The quantitative estimate of drug-likeness (QED) is 0.609. The number of nitrogen functional groups attached to an aromatic ring is 1. The van der Waals surface area contributed by atoms with Crippen LogP contribution < -0.4 is 22.3 Å². The first-order valence-electron chi connectivity index (χ1n) is 5.98. The summed E-state index contributed by atoms with van der Waals surface area (Å²) in [5.74, 6) is 0.445. The molecule has 1 saturated carbocycles. The Morgan fingerprint density at radius 1 is 1.41 bits per heavy atom. The van der Waals surface area contributed by atoms with Crippen molar-refractivity contribution in [2.45, 2.75) is 37.6 Å². The molecular weight excluding hydrogens is 218 g/mol. The van der Waals surface area contributed by atoms with Crippen LogP contribution in [0.15, 0.2) is 11.1 Å². The van der Waals surface area contributed by atoms with Crippen molar-refractivity contribution < 1.29 is 0 Å². The SMILES string of the molecule is NCC1(Nc2nc[nH]c(=O)c2N)CCCCC1. The van der Waals surface area contributed by atoms with Crippen LogP contribution in [0.5, 0.6) is 0 Å². The van der Waals surface area contributed by atoms with Gasteiger partial charge in [-0.1, -0.05) is 19.3 Å². The number of nitrogens with one attached hydrogen (secondary N) is 2. The van der Waals surface area contributed by atoms with Crippen LogP contribution in [0, 0.1) is 0 Å². The van der Waals surface area contributed by atoms with Crippen LogP contribution in [0.3, 0.4) is 0 Å². The number of hydrogen-bond acceptors (Lipinski definition) is 5. The molecule has 1 heterocycles. The van der Waals surface area contributed by atoms with Crippen molar-refractivity contribution in [2.24, 2.45) is 5.73 Å². The molecule has 0 aromatic carbocycles. The van der Waals surface area contributed by atoms with Crippen LogP contribution in [0.25, 0.3) is 0 Å². The van der Waals surface area contributed by atoms with E-state index in [0.717, 1.165) is 25.7 Å². The van der Waals surface area contributed by atoms with Crippen LogP contribution in [-0.2, 0) is 0 Å². The highest BCUT2D eigenvalue weighted by atomic mass is 16.1. The fourth-order valence-electron chi connectivity index (χ4n) is 2.37. The molecule has 2 rings (SSSR count). The molecule has 1 aromatic heterocycles. The molecule has 1 aliphatic rings. The molecule has 1 fully saturated rings. The van der Waals surface area contributed by atoms with E-state index in [0.29, 0.717) is 12.4 Å². The predicted molar refractivity (Wildman–Crippen MR) is 67.8 cm³/mol. The second kappa shape index (κ2) is 4.75. The third-order valence-electron chi connectivity index (χ3n) is 3.47. The minimum atomic E-state index is -0.314. The number of aromatic nitrogens is 2. The van der Waals surface area contributed by atoms with Crippen molar-refractivity contribution in [2.75, 3.05) is 17.6 Å². The number of rotatable bonds is 3. The van der Waals surface area contributed by atoms with E-state index in [-0.39, 0.29) is 16.8 Å². The summed E-state index contributed by atoms with van der Waals surface area (Å²) in [6.07, 6.45) is 6.88. The number of H-pyrrole nitrogens is 1. The van der Waals surface area contributed by atoms with Gasteiger partial charge >= 0.3 is 0 Å². The Kier molecular flexibility index (Phi) is 3.33. The zero-order valence-electron chi connectivity index (χ0n) is 9.83. The third-order valence-corrected chi connectivity index (χ3v) is 3.47. The van der Waals surface area contributed by atoms with E-state index in [1.807, 2.05) is 0 Å². The standard InChI is InChI=1S/C11H19N5O/c12-6-11(4-2-1-3-5-11)16-9-8(13)10(17)15-7-14-9/h7H,1-6,12-13H2,(H2,14,15,16,17). The lowest BCUT2D eigenvalue weighted by molar-refractivity contribution is 0.330. The molecular formula is C11H19N5O. The summed E-state index contributed by atoms with van der Waals surface area (Å²) in [4.78, 5) is 17.9. The first-order chi connectivity index (χ1) is 8.17. The summed E-state index contributed by atoms with van der Waals surface area (Å²) in [6.45, 7) is 0.529. The van der Waals surface area contributed by atoms with Gasteiger partial charge in [0.2, 0.25) is 0 Å². The monoisotopic (exact) mass is 237 g/mol. The number of nitrogens with zero attached hydrogens (tertiary/aromatic N) is 1. The van der Waals surface area contributed by atoms with Crippen molar-refractivity contribution in [1.82, 2.24) is 9.97 Å². The Morgan fingerprint density at radius 3 is 2.76 bits per heavy atom. The molecule has 0 aliphatic heterocycles. The lowest BCUT2D eigenvalue weighted by Gasteiger charge is -2.37. The highest BCUT2D eigenvalue weighted by Gasteiger charge is 2.31. The van der Waals surface area contributed by atoms with E-state index >= 15 is 0 Å². The van der Waals surface area contributed by atoms with Gasteiger partial charge in [0.15, 0.2) is 5.82 Å². The van der Waals surface area contributed by atoms with Gasteiger partial charge in [0.25, 0.3) is 5.56 Å². The molecule has 1 aliphatic carbocycles. The maximum atomic E-state index is 11.4. The molecule has 0 radical (unpaired) electrons. The van der Waals surface area contributed by atoms with Crippen molar-refractivity contribution in [3.05, 3.63) is 16.7 Å². The molecule has 6 heteroatoms. The second-order valence-corrected chi connectivity index (χ2v) is 4.66. The molecule has 6 N–H and O–H groups in total. The van der Waals surface area contributed by atoms with E-state index in [4.69, 9.17) is 11.5 Å². The molecule has 17 heavy (non-hydrogen) atoms. The van der Waals surface area contributed by atoms with Crippen LogP contribution in [-0.4, -0.2) is 22.1 Å². The van der Waals surface area contributed by atoms with Gasteiger partial charge in [-0.15, -0.1) is 0 Å². The first-order valence-corrected chi connectivity index (χ1v) is 5.98. The average Bonchev–Trinajstić information content (AvgIpc) is 2.36. The topological polar surface area (TPSA) is 110 Å². The van der Waals surface area contributed by atoms with Crippen molar-refractivity contribution in [3.63, 3.8) is 0 Å². The largest absolute Gasteiger partial charge is 0.391 e. The normalized spacial score (nSPS) is 18.9. The van der Waals surface area contributed by atoms with Crippen molar-refractivity contribution in [3.8, 4) is 0 Å². The van der Waals surface area contributed by atoms with E-state index < -0.39 is 0 Å². The Balaban J connectivity index is 2.23. The Hall–Kier alpha value is -1.56. The molecule has 0 amide bonds. The molecule has 94 valence electrons. The summed E-state index contributed by atoms with van der Waals surface area (Å²) in [6, 6.07) is 0. The highest BCUT2D eigenvalue weighted by molar-refractivity contribution is 5.60. The summed E-state index contributed by atoms with van der Waals surface area (Å²) < 4.78 is 0. The molecule has 1 aromatic rings. The average molecular weight is 237 g/mol. The van der Waals surface area contributed by atoms with Gasteiger partial charge < -0.3 is 21.8 Å². The van der Waals surface area contributed by atoms with Gasteiger partial charge in [0.05, 0.1) is 11.9 Å². The molecule has 0 atom stereocenters. The van der Waals surface area contributed by atoms with E-state index in [1.54, 1.807) is 0 Å². The third kappa shape index (κ3) is 2.41. The van der Waals surface area contributed by atoms with Gasteiger partial charge in [-0.25, -0.2) is 4.98 Å². The van der Waals surface area contributed by atoms with E-state index in [1.165, 1.54) is 12.7 Å². The van der Waals surface area contributed by atoms with Gasteiger partial charge in [-0.2, -0.15) is 0 Å². The highest BCUT2D eigenvalue weighted by Crippen LogP contribution is 2.31. The summed E-state index contributed by atoms with van der Waals surface area (Å²) in [7, 11) is 0. The predicted octanol–water partition coefficient (Wildman–Crippen LogP) is 0.426. The molecule has 0 spiro atoms. The summed E-state index contributed by atoms with van der Waals surface area (Å²) in [5.41, 5.74) is 11.2. The van der Waals surface area contributed by atoms with Gasteiger partial charge in [-0.05, 0) is 12.8 Å². The van der Waals surface area contributed by atoms with Crippen LogP contribution >= 0.6 is 0 Å². The summed E-state index contributed by atoms with van der Waals surface area (Å²) in [5, 5.41) is 3.27. The van der Waals surface area contributed by atoms with Gasteiger partial charge in [-0.3, -0.25) is 4.79 Å². The van der Waals surface area contributed by atoms with Crippen LogP contribution in [0.4, 0.5) is 11.5 Å². The molecule has 6 nitrogen and oxygen atoms in total. The minimum absolute atomic E-state index is 0.130. The zero-order chi connectivity index (χ0) is 12.3. The number of nitrogens with two attached hydrogens (primary N) is 2. The van der Waals surface area contributed by atoms with Crippen molar-refractivity contribution in [1.29, 1.82) is 0 Å². The lowest BCUT2D eigenvalue weighted by atomic mass is 9.81. The van der Waals surface area contributed by atoms with Crippen LogP contribution in [0.1, 0.15) is 32.1 Å². The Morgan fingerprint density at radius 2 is 2.12 bits per heavy atom. The lowest BCUT2D eigenvalue weighted by Crippen LogP contribution is -2.47. The van der Waals surface area contributed by atoms with E-state index in [9.17, 15) is 4.79 Å². The smallest absolute Gasteiger partial charge is 0.276 e. The number of anilines is 2. The van der Waals surface area contributed by atoms with Crippen LogP contribution in [0.2, 0.25) is 0 Å².